The Bertz CT molecular complexity index is 1170. The van der Waals surface area contributed by atoms with Crippen molar-refractivity contribution >= 4 is 39.4 Å². The molecule has 0 radical (unpaired) electrons. The molecule has 1 atom stereocenters. The number of nitro groups is 1. The Morgan fingerprint density at radius 2 is 1.91 bits per heavy atom. The molecule has 1 aliphatic rings. The Labute approximate surface area is 200 Å². The monoisotopic (exact) mass is 545 g/mol. The van der Waals surface area contributed by atoms with Crippen molar-refractivity contribution in [1.29, 1.82) is 0 Å². The standard InChI is InChI=1S/C21H19BrF3N3O6/c1-20(2,3)21(11-6-4-5-7-16(11)34-17(24)25)10-26(19(30)31)18(29)27(21)14-8-12(22)13(23)9-15(14)28(32)33/h4-9,17H,10H2,1-3H3,(H,30,31). The summed E-state index contributed by atoms with van der Waals surface area (Å²) in [4.78, 5) is 37.6. The molecule has 9 nitrogen and oxygen atoms in total. The predicted molar refractivity (Wildman–Crippen MR) is 118 cm³/mol. The molecule has 1 aliphatic heterocycles. The third kappa shape index (κ3) is 4.04. The minimum atomic E-state index is -3.24. The van der Waals surface area contributed by atoms with E-state index in [1.165, 1.54) is 24.3 Å². The van der Waals surface area contributed by atoms with E-state index in [1.807, 2.05) is 0 Å². The van der Waals surface area contributed by atoms with E-state index >= 15 is 0 Å². The van der Waals surface area contributed by atoms with Gasteiger partial charge in [0.1, 0.15) is 22.8 Å². The predicted octanol–water partition coefficient (Wildman–Crippen LogP) is 5.96. The first-order valence-corrected chi connectivity index (χ1v) is 10.5. The summed E-state index contributed by atoms with van der Waals surface area (Å²) >= 11 is 2.94. The van der Waals surface area contributed by atoms with Crippen molar-refractivity contribution in [2.75, 3.05) is 11.4 Å². The second-order valence-corrected chi connectivity index (χ2v) is 9.34. The molecule has 1 heterocycles. The van der Waals surface area contributed by atoms with E-state index < -0.39 is 58.3 Å². The maximum absolute atomic E-state index is 14.2. The fraction of sp³-hybridized carbons (Fsp3) is 0.333. The lowest BCUT2D eigenvalue weighted by molar-refractivity contribution is -0.384. The lowest BCUT2D eigenvalue weighted by Gasteiger charge is -2.47. The van der Waals surface area contributed by atoms with Gasteiger partial charge in [0.15, 0.2) is 0 Å². The van der Waals surface area contributed by atoms with Crippen LogP contribution >= 0.6 is 15.9 Å². The number of carbonyl (C=O) groups excluding carboxylic acids is 1. The van der Waals surface area contributed by atoms with Gasteiger partial charge < -0.3 is 9.84 Å². The Kier molecular flexibility index (Phi) is 6.53. The highest BCUT2D eigenvalue weighted by molar-refractivity contribution is 9.10. The number of anilines is 1. The summed E-state index contributed by atoms with van der Waals surface area (Å²) in [6, 6.07) is 5.87. The van der Waals surface area contributed by atoms with Crippen molar-refractivity contribution in [2.45, 2.75) is 32.9 Å². The number of halogens is 4. The van der Waals surface area contributed by atoms with Crippen LogP contribution < -0.4 is 9.64 Å². The third-order valence-corrected chi connectivity index (χ3v) is 6.27. The molecule has 1 unspecified atom stereocenters. The average molecular weight is 546 g/mol. The molecule has 0 spiro atoms. The highest BCUT2D eigenvalue weighted by atomic mass is 79.9. The van der Waals surface area contributed by atoms with Gasteiger partial charge in [-0.1, -0.05) is 39.0 Å². The Hall–Kier alpha value is -3.35. The first-order valence-electron chi connectivity index (χ1n) is 9.74. The first kappa shape index (κ1) is 25.3. The fourth-order valence-corrected chi connectivity index (χ4v) is 4.48. The van der Waals surface area contributed by atoms with Crippen LogP contribution in [0.25, 0.3) is 0 Å². The smallest absolute Gasteiger partial charge is 0.415 e. The van der Waals surface area contributed by atoms with Gasteiger partial charge in [0.05, 0.1) is 22.0 Å². The average Bonchev–Trinajstić information content (AvgIpc) is 3.03. The van der Waals surface area contributed by atoms with Gasteiger partial charge in [-0.05, 0) is 33.5 Å². The molecule has 1 N–H and O–H groups in total. The number of nitro benzene ring substituents is 1. The van der Waals surface area contributed by atoms with E-state index in [0.717, 1.165) is 11.0 Å². The SMILES string of the molecule is CC(C)(C)C1(c2ccccc2OC(F)F)CN(C(=O)O)C(=O)N1c1cc(Br)c(F)cc1[N+](=O)[O-]. The number of hydrogen-bond acceptors (Lipinski definition) is 5. The molecule has 0 bridgehead atoms. The molecule has 13 heteroatoms. The van der Waals surface area contributed by atoms with E-state index in [0.29, 0.717) is 11.0 Å². The molecule has 0 aliphatic carbocycles. The number of amides is 3. The first-order chi connectivity index (χ1) is 15.7. The Morgan fingerprint density at radius 3 is 2.44 bits per heavy atom. The zero-order valence-corrected chi connectivity index (χ0v) is 19.7. The minimum Gasteiger partial charge on any atom is -0.465 e. The molecule has 2 aromatic carbocycles. The molecule has 3 amide bonds. The molecule has 3 rings (SSSR count). The number of para-hydroxylation sites is 1. The number of hydrogen-bond donors (Lipinski definition) is 1. The van der Waals surface area contributed by atoms with Crippen LogP contribution in [0.5, 0.6) is 5.75 Å². The molecular formula is C21H19BrF3N3O6. The zero-order chi connectivity index (χ0) is 25.6. The van der Waals surface area contributed by atoms with Crippen molar-refractivity contribution in [3.63, 3.8) is 0 Å². The molecule has 1 saturated heterocycles. The van der Waals surface area contributed by atoms with E-state index in [2.05, 4.69) is 20.7 Å². The summed E-state index contributed by atoms with van der Waals surface area (Å²) in [6.07, 6.45) is -1.66. The maximum Gasteiger partial charge on any atom is 0.415 e. The maximum atomic E-state index is 14.2. The summed E-state index contributed by atoms with van der Waals surface area (Å²) in [5.74, 6) is -1.33. The number of alkyl halides is 2. The molecule has 2 aromatic rings. The van der Waals surface area contributed by atoms with Crippen molar-refractivity contribution in [3.8, 4) is 5.75 Å². The lowest BCUT2D eigenvalue weighted by Crippen LogP contribution is -2.54. The number of urea groups is 1. The number of benzene rings is 2. The highest BCUT2D eigenvalue weighted by Gasteiger charge is 2.61. The molecule has 1 fully saturated rings. The lowest BCUT2D eigenvalue weighted by atomic mass is 9.68. The van der Waals surface area contributed by atoms with Gasteiger partial charge in [-0.15, -0.1) is 0 Å². The van der Waals surface area contributed by atoms with E-state index in [9.17, 15) is 38.0 Å². The number of ether oxygens (including phenoxy) is 1. The van der Waals surface area contributed by atoms with Crippen molar-refractivity contribution in [3.05, 3.63) is 62.4 Å². The van der Waals surface area contributed by atoms with Crippen LogP contribution in [-0.2, 0) is 5.54 Å². The third-order valence-electron chi connectivity index (χ3n) is 5.67. The van der Waals surface area contributed by atoms with Crippen LogP contribution in [0.15, 0.2) is 40.9 Å². The van der Waals surface area contributed by atoms with E-state index in [-0.39, 0.29) is 15.8 Å². The van der Waals surface area contributed by atoms with Crippen LogP contribution in [-0.4, -0.2) is 40.2 Å². The second kappa shape index (κ2) is 8.78. The van der Waals surface area contributed by atoms with Crippen molar-refractivity contribution in [1.82, 2.24) is 4.90 Å². The van der Waals surface area contributed by atoms with E-state index in [1.54, 1.807) is 20.8 Å². The summed E-state index contributed by atoms with van der Waals surface area (Å²) < 4.78 is 45.1. The molecular weight excluding hydrogens is 527 g/mol. The zero-order valence-electron chi connectivity index (χ0n) is 18.1. The summed E-state index contributed by atoms with van der Waals surface area (Å²) in [6.45, 7) is 1.03. The van der Waals surface area contributed by atoms with Gasteiger partial charge in [0.2, 0.25) is 0 Å². The molecule has 0 saturated carbocycles. The molecule has 34 heavy (non-hydrogen) atoms. The molecule has 182 valence electrons. The molecule has 0 aromatic heterocycles. The van der Waals surface area contributed by atoms with Gasteiger partial charge in [-0.2, -0.15) is 8.78 Å². The highest BCUT2D eigenvalue weighted by Crippen LogP contribution is 2.55. The van der Waals surface area contributed by atoms with Crippen molar-refractivity contribution in [2.24, 2.45) is 5.41 Å². The number of imide groups is 1. The van der Waals surface area contributed by atoms with Gasteiger partial charge >= 0.3 is 18.7 Å². The van der Waals surface area contributed by atoms with Gasteiger partial charge in [0, 0.05) is 5.56 Å². The summed E-state index contributed by atoms with van der Waals surface area (Å²) in [5, 5.41) is 21.5. The summed E-state index contributed by atoms with van der Waals surface area (Å²) in [5.41, 5.74) is -4.12. The largest absolute Gasteiger partial charge is 0.465 e. The van der Waals surface area contributed by atoms with Crippen LogP contribution in [0.3, 0.4) is 0 Å². The Balaban J connectivity index is 2.47. The quantitative estimate of drug-likeness (QED) is 0.366. The van der Waals surface area contributed by atoms with Gasteiger partial charge in [-0.3, -0.25) is 15.0 Å². The fourth-order valence-electron chi connectivity index (χ4n) is 4.15. The second-order valence-electron chi connectivity index (χ2n) is 8.48. The van der Waals surface area contributed by atoms with E-state index in [4.69, 9.17) is 0 Å². The summed E-state index contributed by atoms with van der Waals surface area (Å²) in [7, 11) is 0. The van der Waals surface area contributed by atoms with Crippen LogP contribution in [0.1, 0.15) is 26.3 Å². The van der Waals surface area contributed by atoms with Crippen LogP contribution in [0, 0.1) is 21.3 Å². The van der Waals surface area contributed by atoms with Crippen LogP contribution in [0.2, 0.25) is 0 Å². The van der Waals surface area contributed by atoms with Crippen LogP contribution in [0.4, 0.5) is 34.1 Å². The van der Waals surface area contributed by atoms with Gasteiger partial charge in [0.25, 0.3) is 5.69 Å². The number of nitrogens with zero attached hydrogens (tertiary/aromatic N) is 3. The number of rotatable bonds is 5. The number of carboxylic acid groups (broad SMARTS) is 1. The minimum absolute atomic E-state index is 0.00496. The van der Waals surface area contributed by atoms with Gasteiger partial charge in [-0.25, -0.2) is 18.9 Å². The topological polar surface area (TPSA) is 113 Å². The van der Waals surface area contributed by atoms with Crippen molar-refractivity contribution < 1.29 is 37.5 Å². The Morgan fingerprint density at radius 1 is 1.29 bits per heavy atom. The normalized spacial score (nSPS) is 18.5. The number of carbonyl (C=O) groups is 2.